The molecule has 0 aromatic carbocycles. The van der Waals surface area contributed by atoms with Crippen molar-refractivity contribution in [3.8, 4) is 0 Å². The number of carbonyl (C=O) groups is 1. The second-order valence-electron chi connectivity index (χ2n) is 4.22. The van der Waals surface area contributed by atoms with Crippen LogP contribution in [0.1, 0.15) is 26.5 Å². The van der Waals surface area contributed by atoms with Crippen molar-refractivity contribution in [3.05, 3.63) is 41.6 Å². The van der Waals surface area contributed by atoms with Crippen LogP contribution in [-0.2, 0) is 14.3 Å². The average Bonchev–Trinajstić information content (AvgIpc) is 2.54. The fourth-order valence-electron chi connectivity index (χ4n) is 1.52. The largest absolute Gasteiger partial charge is 0.480 e. The molecule has 1 aromatic rings. The van der Waals surface area contributed by atoms with Gasteiger partial charge >= 0.3 is 5.97 Å². The SMILES string of the molecule is CCOC(=O)C(C(N)=N/N=C(/C)c1ccccn1)=C(O)OCC. The Hall–Kier alpha value is -2.90. The van der Waals surface area contributed by atoms with Gasteiger partial charge in [0.2, 0.25) is 0 Å². The van der Waals surface area contributed by atoms with Gasteiger partial charge in [-0.05, 0) is 32.9 Å². The van der Waals surface area contributed by atoms with E-state index in [4.69, 9.17) is 15.2 Å². The van der Waals surface area contributed by atoms with E-state index in [0.717, 1.165) is 0 Å². The summed E-state index contributed by atoms with van der Waals surface area (Å²) in [4.78, 5) is 16.0. The van der Waals surface area contributed by atoms with Crippen LogP contribution in [0.3, 0.4) is 0 Å². The van der Waals surface area contributed by atoms with Crippen LogP contribution in [0.25, 0.3) is 0 Å². The highest BCUT2D eigenvalue weighted by molar-refractivity contribution is 6.18. The van der Waals surface area contributed by atoms with Crippen molar-refractivity contribution in [2.45, 2.75) is 20.8 Å². The molecule has 0 saturated heterocycles. The first-order valence-corrected chi connectivity index (χ1v) is 7.03. The van der Waals surface area contributed by atoms with Gasteiger partial charge in [0.1, 0.15) is 0 Å². The van der Waals surface area contributed by atoms with Crippen molar-refractivity contribution in [3.63, 3.8) is 0 Å². The van der Waals surface area contributed by atoms with E-state index >= 15 is 0 Å². The Balaban J connectivity index is 3.11. The Kier molecular flexibility index (Phi) is 7.25. The lowest BCUT2D eigenvalue weighted by molar-refractivity contribution is -0.138. The number of esters is 1. The van der Waals surface area contributed by atoms with E-state index in [-0.39, 0.29) is 24.6 Å². The van der Waals surface area contributed by atoms with Crippen LogP contribution in [0.2, 0.25) is 0 Å². The molecular formula is C15H20N4O4. The summed E-state index contributed by atoms with van der Waals surface area (Å²) in [5.41, 5.74) is 6.47. The Morgan fingerprint density at radius 1 is 1.26 bits per heavy atom. The summed E-state index contributed by atoms with van der Waals surface area (Å²) in [7, 11) is 0. The molecule has 0 atom stereocenters. The molecule has 0 amide bonds. The molecule has 1 rings (SSSR count). The van der Waals surface area contributed by atoms with Gasteiger partial charge in [-0.1, -0.05) is 6.07 Å². The monoisotopic (exact) mass is 320 g/mol. The number of ether oxygens (including phenoxy) is 2. The lowest BCUT2D eigenvalue weighted by Gasteiger charge is -2.08. The molecule has 23 heavy (non-hydrogen) atoms. The van der Waals surface area contributed by atoms with E-state index in [1.165, 1.54) is 0 Å². The van der Waals surface area contributed by atoms with Gasteiger partial charge in [-0.2, -0.15) is 5.10 Å². The molecule has 1 heterocycles. The topological polar surface area (TPSA) is 119 Å². The quantitative estimate of drug-likeness (QED) is 0.196. The van der Waals surface area contributed by atoms with E-state index in [1.54, 1.807) is 45.2 Å². The Labute approximate surface area is 134 Å². The number of nitrogens with two attached hydrogens (primary N) is 1. The number of hydrogen-bond donors (Lipinski definition) is 2. The van der Waals surface area contributed by atoms with Crippen molar-refractivity contribution in [1.82, 2.24) is 4.98 Å². The van der Waals surface area contributed by atoms with Gasteiger partial charge in [-0.25, -0.2) is 4.79 Å². The molecular weight excluding hydrogens is 300 g/mol. The number of pyridine rings is 1. The molecule has 0 aliphatic heterocycles. The fourth-order valence-corrected chi connectivity index (χ4v) is 1.52. The molecule has 0 fully saturated rings. The van der Waals surface area contributed by atoms with Crippen molar-refractivity contribution in [1.29, 1.82) is 0 Å². The summed E-state index contributed by atoms with van der Waals surface area (Å²) in [5.74, 6) is -1.81. The zero-order chi connectivity index (χ0) is 17.2. The van der Waals surface area contributed by atoms with Crippen LogP contribution < -0.4 is 5.73 Å². The zero-order valence-corrected chi connectivity index (χ0v) is 13.3. The van der Waals surface area contributed by atoms with Gasteiger partial charge in [0.05, 0.1) is 24.6 Å². The highest BCUT2D eigenvalue weighted by Crippen LogP contribution is 2.08. The van der Waals surface area contributed by atoms with Crippen molar-refractivity contribution >= 4 is 17.5 Å². The highest BCUT2D eigenvalue weighted by atomic mass is 16.6. The Morgan fingerprint density at radius 3 is 2.52 bits per heavy atom. The third kappa shape index (κ3) is 5.42. The lowest BCUT2D eigenvalue weighted by atomic mass is 10.2. The van der Waals surface area contributed by atoms with Crippen LogP contribution in [0.15, 0.2) is 46.1 Å². The predicted molar refractivity (Wildman–Crippen MR) is 86.0 cm³/mol. The first-order valence-electron chi connectivity index (χ1n) is 7.03. The molecule has 0 saturated carbocycles. The van der Waals surface area contributed by atoms with Gasteiger partial charge in [-0.3, -0.25) is 4.98 Å². The Morgan fingerprint density at radius 2 is 1.96 bits per heavy atom. The number of amidine groups is 1. The number of hydrogen-bond acceptors (Lipinski definition) is 7. The summed E-state index contributed by atoms with van der Waals surface area (Å²) in [6.07, 6.45) is 1.62. The molecule has 0 spiro atoms. The molecule has 8 nitrogen and oxygen atoms in total. The minimum Gasteiger partial charge on any atom is -0.480 e. The van der Waals surface area contributed by atoms with Gasteiger partial charge in [-0.15, -0.1) is 5.10 Å². The number of rotatable bonds is 7. The van der Waals surface area contributed by atoms with E-state index in [2.05, 4.69) is 15.2 Å². The third-order valence-electron chi connectivity index (χ3n) is 2.57. The zero-order valence-electron chi connectivity index (χ0n) is 13.3. The summed E-state index contributed by atoms with van der Waals surface area (Å²) in [5, 5.41) is 17.5. The average molecular weight is 320 g/mol. The van der Waals surface area contributed by atoms with Crippen molar-refractivity contribution < 1.29 is 19.4 Å². The maximum absolute atomic E-state index is 11.9. The summed E-state index contributed by atoms with van der Waals surface area (Å²) >= 11 is 0. The Bertz CT molecular complexity index is 624. The maximum atomic E-state index is 11.9. The first-order chi connectivity index (χ1) is 11.0. The second kappa shape index (κ2) is 9.19. The third-order valence-corrected chi connectivity index (χ3v) is 2.57. The minimum atomic E-state index is -0.842. The minimum absolute atomic E-state index is 0.116. The molecule has 3 N–H and O–H groups in total. The smallest absolute Gasteiger partial charge is 0.349 e. The number of carbonyl (C=O) groups excluding carboxylic acids is 1. The summed E-state index contributed by atoms with van der Waals surface area (Å²) in [6.45, 7) is 5.23. The fraction of sp³-hybridized carbons (Fsp3) is 0.333. The molecule has 0 unspecified atom stereocenters. The number of aromatic nitrogens is 1. The van der Waals surface area contributed by atoms with Crippen LogP contribution >= 0.6 is 0 Å². The highest BCUT2D eigenvalue weighted by Gasteiger charge is 2.22. The normalized spacial score (nSPS) is 13.3. The maximum Gasteiger partial charge on any atom is 0.349 e. The molecule has 0 bridgehead atoms. The van der Waals surface area contributed by atoms with Gasteiger partial charge in [0.25, 0.3) is 5.95 Å². The van der Waals surface area contributed by atoms with E-state index in [1.807, 2.05) is 0 Å². The van der Waals surface area contributed by atoms with Crippen LogP contribution in [0.4, 0.5) is 0 Å². The molecule has 8 heteroatoms. The molecule has 0 radical (unpaired) electrons. The molecule has 0 aliphatic rings. The number of aliphatic hydroxyl groups is 1. The van der Waals surface area contributed by atoms with Crippen LogP contribution in [0.5, 0.6) is 0 Å². The summed E-state index contributed by atoms with van der Waals surface area (Å²) in [6, 6.07) is 5.33. The number of nitrogens with zero attached hydrogens (tertiary/aromatic N) is 3. The lowest BCUT2D eigenvalue weighted by Crippen LogP contribution is -2.25. The van der Waals surface area contributed by atoms with E-state index in [9.17, 15) is 9.90 Å². The van der Waals surface area contributed by atoms with Crippen LogP contribution in [-0.4, -0.2) is 40.8 Å². The second-order valence-corrected chi connectivity index (χ2v) is 4.22. The molecule has 0 aliphatic carbocycles. The predicted octanol–water partition coefficient (Wildman–Crippen LogP) is 1.53. The van der Waals surface area contributed by atoms with Crippen LogP contribution in [0, 0.1) is 0 Å². The first kappa shape index (κ1) is 18.1. The van der Waals surface area contributed by atoms with Crippen molar-refractivity contribution in [2.24, 2.45) is 15.9 Å². The van der Waals surface area contributed by atoms with Gasteiger partial charge in [0.15, 0.2) is 11.4 Å². The van der Waals surface area contributed by atoms with E-state index in [0.29, 0.717) is 11.4 Å². The van der Waals surface area contributed by atoms with E-state index < -0.39 is 11.9 Å². The van der Waals surface area contributed by atoms with Gasteiger partial charge < -0.3 is 20.3 Å². The molecule has 1 aromatic heterocycles. The standard InChI is InChI=1S/C15H20N4O4/c1-4-22-14(20)12(15(21)23-5-2)13(16)19-18-10(3)11-8-6-7-9-17-11/h6-9,20H,4-5H2,1-3H3,(H2,16,19)/b14-12?,18-10-. The van der Waals surface area contributed by atoms with Gasteiger partial charge in [0, 0.05) is 6.20 Å². The molecule has 124 valence electrons. The number of aliphatic hydroxyl groups excluding tert-OH is 1. The van der Waals surface area contributed by atoms with Crippen molar-refractivity contribution in [2.75, 3.05) is 13.2 Å². The summed E-state index contributed by atoms with van der Waals surface area (Å²) < 4.78 is 9.72.